The molecule has 96 valence electrons. The molecule has 0 bridgehead atoms. The summed E-state index contributed by atoms with van der Waals surface area (Å²) in [5, 5.41) is 0. The number of aryl methyl sites for hydroxylation is 1. The Balaban J connectivity index is 2.36. The summed E-state index contributed by atoms with van der Waals surface area (Å²) in [5.41, 5.74) is 20.1. The molecular weight excluding hydrogens is 226 g/mol. The van der Waals surface area contributed by atoms with Crippen LogP contribution in [-0.2, 0) is 6.42 Å². The highest BCUT2D eigenvalue weighted by molar-refractivity contribution is 5.92. The maximum Gasteiger partial charge on any atom is 0.219 e. The number of nitrogens with zero attached hydrogens (tertiary/aromatic N) is 2. The first-order valence-corrected chi connectivity index (χ1v) is 5.99. The summed E-state index contributed by atoms with van der Waals surface area (Å²) in [6.45, 7) is 4.23. The first kappa shape index (κ1) is 12.4. The molecular formula is C13H19N5. The van der Waals surface area contributed by atoms with Crippen molar-refractivity contribution >= 4 is 11.9 Å². The standard InChI is InChI=1S/C13H19N5/c1-7-3-4-9-6-8(2)11(10(9)5-7)17-13(16)18-12(14)15/h3-5,8,11H,6H2,1-2H3,(H6,14,15,16,17,18)/t8-,11+/m1/s1. The van der Waals surface area contributed by atoms with Crippen molar-refractivity contribution in [3.05, 3.63) is 34.9 Å². The number of rotatable bonds is 1. The van der Waals surface area contributed by atoms with Gasteiger partial charge < -0.3 is 17.2 Å². The highest BCUT2D eigenvalue weighted by Gasteiger charge is 2.29. The molecule has 0 amide bonds. The molecule has 0 fully saturated rings. The second-order valence-corrected chi connectivity index (χ2v) is 4.85. The van der Waals surface area contributed by atoms with Crippen LogP contribution in [-0.4, -0.2) is 11.9 Å². The van der Waals surface area contributed by atoms with E-state index >= 15 is 0 Å². The molecule has 2 atom stereocenters. The maximum atomic E-state index is 5.71. The van der Waals surface area contributed by atoms with Crippen LogP contribution in [0.25, 0.3) is 0 Å². The summed E-state index contributed by atoms with van der Waals surface area (Å²) in [6.07, 6.45) is 1.01. The van der Waals surface area contributed by atoms with Crippen LogP contribution in [0, 0.1) is 12.8 Å². The Bertz CT molecular complexity index is 514. The summed E-state index contributed by atoms with van der Waals surface area (Å²) >= 11 is 0. The van der Waals surface area contributed by atoms with Crippen molar-refractivity contribution in [2.45, 2.75) is 26.3 Å². The molecule has 0 spiro atoms. The SMILES string of the molecule is Cc1ccc2c(c1)[C@@H](N=C(N)N=C(N)N)[C@H](C)C2. The topological polar surface area (TPSA) is 103 Å². The number of hydrogen-bond acceptors (Lipinski definition) is 1. The van der Waals surface area contributed by atoms with E-state index in [1.54, 1.807) is 0 Å². The Hall–Kier alpha value is -2.04. The predicted octanol–water partition coefficient (Wildman–Crippen LogP) is 0.816. The average molecular weight is 245 g/mol. The maximum absolute atomic E-state index is 5.71. The van der Waals surface area contributed by atoms with E-state index in [4.69, 9.17) is 17.2 Å². The highest BCUT2D eigenvalue weighted by atomic mass is 15.1. The third kappa shape index (κ3) is 2.45. The monoisotopic (exact) mass is 245 g/mol. The van der Waals surface area contributed by atoms with Gasteiger partial charge in [-0.25, -0.2) is 4.99 Å². The van der Waals surface area contributed by atoms with E-state index in [-0.39, 0.29) is 18.0 Å². The Kier molecular flexibility index (Phi) is 3.23. The van der Waals surface area contributed by atoms with Gasteiger partial charge >= 0.3 is 0 Å². The molecule has 1 aliphatic rings. The molecule has 0 aromatic heterocycles. The molecule has 0 aliphatic heterocycles. The largest absolute Gasteiger partial charge is 0.370 e. The molecule has 0 saturated carbocycles. The first-order valence-electron chi connectivity index (χ1n) is 5.99. The lowest BCUT2D eigenvalue weighted by Crippen LogP contribution is -2.26. The van der Waals surface area contributed by atoms with Crippen LogP contribution in [0.2, 0.25) is 0 Å². The van der Waals surface area contributed by atoms with Crippen molar-refractivity contribution in [2.75, 3.05) is 0 Å². The lowest BCUT2D eigenvalue weighted by atomic mass is 10.0. The summed E-state index contributed by atoms with van der Waals surface area (Å²) in [6, 6.07) is 6.49. The van der Waals surface area contributed by atoms with Gasteiger partial charge in [0.1, 0.15) is 0 Å². The minimum Gasteiger partial charge on any atom is -0.370 e. The van der Waals surface area contributed by atoms with Gasteiger partial charge in [-0.2, -0.15) is 4.99 Å². The zero-order chi connectivity index (χ0) is 13.3. The molecule has 1 aliphatic carbocycles. The number of guanidine groups is 2. The highest BCUT2D eigenvalue weighted by Crippen LogP contribution is 2.39. The molecule has 5 heteroatoms. The van der Waals surface area contributed by atoms with Crippen LogP contribution in [0.5, 0.6) is 0 Å². The van der Waals surface area contributed by atoms with E-state index in [2.05, 4.69) is 42.0 Å². The van der Waals surface area contributed by atoms with Crippen LogP contribution >= 0.6 is 0 Å². The zero-order valence-electron chi connectivity index (χ0n) is 10.7. The average Bonchev–Trinajstić information content (AvgIpc) is 2.55. The molecule has 0 radical (unpaired) electrons. The first-order chi connectivity index (χ1) is 8.47. The fourth-order valence-corrected chi connectivity index (χ4v) is 2.44. The van der Waals surface area contributed by atoms with Gasteiger partial charge in [-0.1, -0.05) is 30.7 Å². The van der Waals surface area contributed by atoms with Crippen molar-refractivity contribution in [1.82, 2.24) is 0 Å². The molecule has 5 nitrogen and oxygen atoms in total. The Labute approximate surface area is 107 Å². The van der Waals surface area contributed by atoms with Crippen molar-refractivity contribution in [1.29, 1.82) is 0 Å². The van der Waals surface area contributed by atoms with E-state index in [1.165, 1.54) is 16.7 Å². The van der Waals surface area contributed by atoms with E-state index in [0.29, 0.717) is 5.92 Å². The van der Waals surface area contributed by atoms with Gasteiger partial charge in [-0.05, 0) is 30.4 Å². The number of nitrogens with two attached hydrogens (primary N) is 3. The molecule has 18 heavy (non-hydrogen) atoms. The van der Waals surface area contributed by atoms with Crippen LogP contribution in [0.4, 0.5) is 0 Å². The minimum absolute atomic E-state index is 0.0444. The van der Waals surface area contributed by atoms with Gasteiger partial charge in [-0.3, -0.25) is 0 Å². The van der Waals surface area contributed by atoms with Crippen LogP contribution in [0.1, 0.15) is 29.7 Å². The van der Waals surface area contributed by atoms with Crippen molar-refractivity contribution in [3.8, 4) is 0 Å². The molecule has 2 rings (SSSR count). The number of benzene rings is 1. The third-order valence-electron chi connectivity index (χ3n) is 3.22. The van der Waals surface area contributed by atoms with Gasteiger partial charge in [0.25, 0.3) is 0 Å². The summed E-state index contributed by atoms with van der Waals surface area (Å²) in [5.74, 6) is 0.488. The predicted molar refractivity (Wildman–Crippen MR) is 74.2 cm³/mol. The number of hydrogen-bond donors (Lipinski definition) is 3. The minimum atomic E-state index is -0.0636. The normalized spacial score (nSPS) is 22.7. The van der Waals surface area contributed by atoms with Crippen LogP contribution < -0.4 is 17.2 Å². The second-order valence-electron chi connectivity index (χ2n) is 4.85. The Morgan fingerprint density at radius 1 is 1.28 bits per heavy atom. The van der Waals surface area contributed by atoms with Gasteiger partial charge in [-0.15, -0.1) is 0 Å². The van der Waals surface area contributed by atoms with E-state index < -0.39 is 0 Å². The van der Waals surface area contributed by atoms with E-state index in [0.717, 1.165) is 6.42 Å². The zero-order valence-corrected chi connectivity index (χ0v) is 10.7. The fourth-order valence-electron chi connectivity index (χ4n) is 2.44. The smallest absolute Gasteiger partial charge is 0.219 e. The lowest BCUT2D eigenvalue weighted by molar-refractivity contribution is 0.514. The summed E-state index contributed by atoms with van der Waals surface area (Å²) in [4.78, 5) is 8.20. The number of aliphatic imine (C=N–C) groups is 2. The molecule has 0 saturated heterocycles. The van der Waals surface area contributed by atoms with Gasteiger partial charge in [0, 0.05) is 0 Å². The van der Waals surface area contributed by atoms with Crippen molar-refractivity contribution < 1.29 is 0 Å². The van der Waals surface area contributed by atoms with Crippen LogP contribution in [0.15, 0.2) is 28.2 Å². The number of fused-ring (bicyclic) bond motifs is 1. The molecule has 0 heterocycles. The second kappa shape index (κ2) is 4.68. The summed E-state index contributed by atoms with van der Waals surface area (Å²) < 4.78 is 0. The fraction of sp³-hybridized carbons (Fsp3) is 0.385. The Morgan fingerprint density at radius 3 is 2.67 bits per heavy atom. The molecule has 1 aromatic carbocycles. The van der Waals surface area contributed by atoms with E-state index in [9.17, 15) is 0 Å². The molecule has 1 aromatic rings. The quantitative estimate of drug-likeness (QED) is 0.504. The summed E-state index contributed by atoms with van der Waals surface area (Å²) in [7, 11) is 0. The molecule has 6 N–H and O–H groups in total. The van der Waals surface area contributed by atoms with Crippen molar-refractivity contribution in [2.24, 2.45) is 33.1 Å². The Morgan fingerprint density at radius 2 is 2.00 bits per heavy atom. The van der Waals surface area contributed by atoms with E-state index in [1.807, 2.05) is 0 Å². The lowest BCUT2D eigenvalue weighted by Gasteiger charge is -2.12. The van der Waals surface area contributed by atoms with Gasteiger partial charge in [0.05, 0.1) is 6.04 Å². The van der Waals surface area contributed by atoms with Gasteiger partial charge in [0.2, 0.25) is 5.96 Å². The van der Waals surface area contributed by atoms with Crippen molar-refractivity contribution in [3.63, 3.8) is 0 Å². The third-order valence-corrected chi connectivity index (χ3v) is 3.22. The van der Waals surface area contributed by atoms with Gasteiger partial charge in [0.15, 0.2) is 5.96 Å². The van der Waals surface area contributed by atoms with Crippen LogP contribution in [0.3, 0.4) is 0 Å². The molecule has 0 unspecified atom stereocenters.